The molecule has 132 valence electrons. The minimum atomic E-state index is -0.363. The van der Waals surface area contributed by atoms with Crippen molar-refractivity contribution in [2.75, 3.05) is 30.8 Å². The van der Waals surface area contributed by atoms with E-state index in [1.54, 1.807) is 11.9 Å². The lowest BCUT2D eigenvalue weighted by atomic mass is 10.1. The third-order valence-corrected chi connectivity index (χ3v) is 3.70. The van der Waals surface area contributed by atoms with Gasteiger partial charge in [-0.25, -0.2) is 4.39 Å². The van der Waals surface area contributed by atoms with Crippen molar-refractivity contribution in [3.05, 3.63) is 59.4 Å². The molecule has 0 aliphatic rings. The smallest absolute Gasteiger partial charge is 0.238 e. The molecule has 0 radical (unpaired) electrons. The van der Waals surface area contributed by atoms with Crippen LogP contribution in [0.3, 0.4) is 0 Å². The van der Waals surface area contributed by atoms with E-state index in [1.807, 2.05) is 32.0 Å². The molecule has 2 N–H and O–H groups in total. The van der Waals surface area contributed by atoms with Crippen molar-refractivity contribution in [1.29, 1.82) is 0 Å². The number of anilines is 2. The van der Waals surface area contributed by atoms with Gasteiger partial charge in [-0.3, -0.25) is 14.5 Å². The summed E-state index contributed by atoms with van der Waals surface area (Å²) in [5.74, 6) is -0.818. The van der Waals surface area contributed by atoms with E-state index in [0.717, 1.165) is 16.8 Å². The fourth-order valence-electron chi connectivity index (χ4n) is 2.47. The molecule has 6 heteroatoms. The van der Waals surface area contributed by atoms with Gasteiger partial charge in [-0.2, -0.15) is 0 Å². The lowest BCUT2D eigenvalue weighted by Crippen LogP contribution is -2.36. The lowest BCUT2D eigenvalue weighted by molar-refractivity contribution is -0.119. The van der Waals surface area contributed by atoms with Crippen LogP contribution in [0.1, 0.15) is 11.1 Å². The van der Waals surface area contributed by atoms with Gasteiger partial charge in [0.25, 0.3) is 0 Å². The van der Waals surface area contributed by atoms with Gasteiger partial charge in [-0.1, -0.05) is 18.2 Å². The molecule has 0 fully saturated rings. The number of halogens is 1. The molecule has 0 spiro atoms. The van der Waals surface area contributed by atoms with Crippen molar-refractivity contribution < 1.29 is 14.0 Å². The van der Waals surface area contributed by atoms with Crippen LogP contribution in [0.25, 0.3) is 0 Å². The molecule has 0 aromatic heterocycles. The molecule has 0 heterocycles. The summed E-state index contributed by atoms with van der Waals surface area (Å²) < 4.78 is 12.8. The first-order valence-electron chi connectivity index (χ1n) is 7.95. The summed E-state index contributed by atoms with van der Waals surface area (Å²) in [7, 11) is 1.69. The second-order valence-corrected chi connectivity index (χ2v) is 6.04. The van der Waals surface area contributed by atoms with Crippen LogP contribution in [0, 0.1) is 19.7 Å². The van der Waals surface area contributed by atoms with E-state index < -0.39 is 0 Å². The first-order valence-corrected chi connectivity index (χ1v) is 7.95. The quantitative estimate of drug-likeness (QED) is 0.848. The minimum Gasteiger partial charge on any atom is -0.325 e. The largest absolute Gasteiger partial charge is 0.325 e. The van der Waals surface area contributed by atoms with Crippen molar-refractivity contribution in [3.8, 4) is 0 Å². The Kier molecular flexibility index (Phi) is 6.25. The third kappa shape index (κ3) is 5.69. The Balaban J connectivity index is 1.84. The number of rotatable bonds is 6. The molecule has 0 unspecified atom stereocenters. The Bertz CT molecular complexity index is 740. The van der Waals surface area contributed by atoms with Crippen LogP contribution in [-0.4, -0.2) is 36.9 Å². The molecule has 2 rings (SSSR count). The van der Waals surface area contributed by atoms with E-state index in [0.29, 0.717) is 5.69 Å². The van der Waals surface area contributed by atoms with E-state index in [9.17, 15) is 14.0 Å². The maximum Gasteiger partial charge on any atom is 0.238 e. The number of para-hydroxylation sites is 1. The van der Waals surface area contributed by atoms with Gasteiger partial charge < -0.3 is 10.6 Å². The summed E-state index contributed by atoms with van der Waals surface area (Å²) in [6.07, 6.45) is 0. The van der Waals surface area contributed by atoms with Crippen LogP contribution < -0.4 is 10.6 Å². The summed E-state index contributed by atoms with van der Waals surface area (Å²) in [5.41, 5.74) is 3.30. The zero-order chi connectivity index (χ0) is 18.4. The lowest BCUT2D eigenvalue weighted by Gasteiger charge is -2.17. The molecular formula is C19H22FN3O2. The molecule has 0 saturated heterocycles. The van der Waals surface area contributed by atoms with Gasteiger partial charge in [0.2, 0.25) is 11.8 Å². The topological polar surface area (TPSA) is 61.4 Å². The molecule has 2 amide bonds. The number of carbonyl (C=O) groups excluding carboxylic acids is 2. The predicted octanol–water partition coefficient (Wildman–Crippen LogP) is 2.95. The van der Waals surface area contributed by atoms with Gasteiger partial charge >= 0.3 is 0 Å². The van der Waals surface area contributed by atoms with Crippen molar-refractivity contribution in [2.45, 2.75) is 13.8 Å². The fourth-order valence-corrected chi connectivity index (χ4v) is 2.47. The summed E-state index contributed by atoms with van der Waals surface area (Å²) >= 11 is 0. The average Bonchev–Trinajstić information content (AvgIpc) is 2.53. The number of carbonyl (C=O) groups is 2. The highest BCUT2D eigenvalue weighted by Gasteiger charge is 2.13. The maximum absolute atomic E-state index is 12.8. The number of likely N-dealkylation sites (N-methyl/N-ethyl adjacent to an activating group) is 1. The van der Waals surface area contributed by atoms with Crippen LogP contribution in [0.15, 0.2) is 42.5 Å². The second-order valence-electron chi connectivity index (χ2n) is 6.04. The third-order valence-electron chi connectivity index (χ3n) is 3.70. The summed E-state index contributed by atoms with van der Waals surface area (Å²) in [4.78, 5) is 25.8. The number of aryl methyl sites for hydroxylation is 2. The second kappa shape index (κ2) is 8.39. The molecule has 2 aromatic carbocycles. The van der Waals surface area contributed by atoms with Crippen molar-refractivity contribution in [1.82, 2.24) is 4.90 Å². The molecule has 0 bridgehead atoms. The maximum atomic E-state index is 12.8. The Labute approximate surface area is 146 Å². The van der Waals surface area contributed by atoms with Crippen LogP contribution >= 0.6 is 0 Å². The monoisotopic (exact) mass is 343 g/mol. The first kappa shape index (κ1) is 18.6. The van der Waals surface area contributed by atoms with Gasteiger partial charge in [0.15, 0.2) is 0 Å². The number of hydrogen-bond acceptors (Lipinski definition) is 3. The number of hydrogen-bond donors (Lipinski definition) is 2. The molecule has 0 aliphatic carbocycles. The minimum absolute atomic E-state index is 0.0531. The Morgan fingerprint density at radius 3 is 2.00 bits per heavy atom. The predicted molar refractivity (Wildman–Crippen MR) is 97.1 cm³/mol. The van der Waals surface area contributed by atoms with Crippen molar-refractivity contribution >= 4 is 23.2 Å². The number of nitrogens with one attached hydrogen (secondary N) is 2. The molecule has 5 nitrogen and oxygen atoms in total. The summed E-state index contributed by atoms with van der Waals surface area (Å²) in [6, 6.07) is 11.3. The van der Waals surface area contributed by atoms with E-state index in [2.05, 4.69) is 10.6 Å². The van der Waals surface area contributed by atoms with Crippen molar-refractivity contribution in [2.24, 2.45) is 0 Å². The van der Waals surface area contributed by atoms with Gasteiger partial charge in [-0.15, -0.1) is 0 Å². The number of amides is 2. The zero-order valence-electron chi connectivity index (χ0n) is 14.6. The molecule has 2 aromatic rings. The normalized spacial score (nSPS) is 10.6. The molecular weight excluding hydrogens is 321 g/mol. The SMILES string of the molecule is Cc1cccc(C)c1NC(=O)CN(C)CC(=O)Nc1ccc(F)cc1. The Hall–Kier alpha value is -2.73. The van der Waals surface area contributed by atoms with Crippen molar-refractivity contribution in [3.63, 3.8) is 0 Å². The first-order chi connectivity index (χ1) is 11.8. The van der Waals surface area contributed by atoms with Crippen LogP contribution in [0.4, 0.5) is 15.8 Å². The highest BCUT2D eigenvalue weighted by atomic mass is 19.1. The number of benzene rings is 2. The standard InChI is InChI=1S/C19H22FN3O2/c1-13-5-4-6-14(2)19(13)22-18(25)12-23(3)11-17(24)21-16-9-7-15(20)8-10-16/h4-10H,11-12H2,1-3H3,(H,21,24)(H,22,25). The van der Waals surface area contributed by atoms with E-state index in [4.69, 9.17) is 0 Å². The van der Waals surface area contributed by atoms with Crippen LogP contribution in [0.2, 0.25) is 0 Å². The Morgan fingerprint density at radius 1 is 0.920 bits per heavy atom. The fraction of sp³-hybridized carbons (Fsp3) is 0.263. The Morgan fingerprint density at radius 2 is 1.44 bits per heavy atom. The van der Waals surface area contributed by atoms with Gasteiger partial charge in [0.1, 0.15) is 5.82 Å². The summed E-state index contributed by atoms with van der Waals surface area (Å²) in [5, 5.41) is 5.55. The zero-order valence-corrected chi connectivity index (χ0v) is 14.6. The van der Waals surface area contributed by atoms with Crippen LogP contribution in [-0.2, 0) is 9.59 Å². The molecule has 0 atom stereocenters. The average molecular weight is 343 g/mol. The highest BCUT2D eigenvalue weighted by Crippen LogP contribution is 2.19. The molecule has 0 saturated carbocycles. The van der Waals surface area contributed by atoms with Gasteiger partial charge in [0.05, 0.1) is 13.1 Å². The van der Waals surface area contributed by atoms with E-state index in [1.165, 1.54) is 24.3 Å². The number of nitrogens with zero attached hydrogens (tertiary/aromatic N) is 1. The molecule has 0 aliphatic heterocycles. The van der Waals surface area contributed by atoms with Crippen LogP contribution in [0.5, 0.6) is 0 Å². The molecule has 25 heavy (non-hydrogen) atoms. The van der Waals surface area contributed by atoms with Gasteiger partial charge in [0, 0.05) is 11.4 Å². The van der Waals surface area contributed by atoms with E-state index in [-0.39, 0.29) is 30.7 Å². The van der Waals surface area contributed by atoms with E-state index >= 15 is 0 Å². The van der Waals surface area contributed by atoms with Gasteiger partial charge in [-0.05, 0) is 56.3 Å². The summed E-state index contributed by atoms with van der Waals surface area (Å²) in [6.45, 7) is 4.01. The highest BCUT2D eigenvalue weighted by molar-refractivity contribution is 5.95.